The second kappa shape index (κ2) is 7.04. The predicted molar refractivity (Wildman–Crippen MR) is 63.0 cm³/mol. The summed E-state index contributed by atoms with van der Waals surface area (Å²) in [6.45, 7) is -0.617. The molecule has 0 spiro atoms. The van der Waals surface area contributed by atoms with Crippen LogP contribution in [0.2, 0.25) is 0 Å². The van der Waals surface area contributed by atoms with Crippen LogP contribution in [0.15, 0.2) is 18.2 Å². The zero-order valence-electron chi connectivity index (χ0n) is 9.82. The Kier molecular flexibility index (Phi) is 5.95. The van der Waals surface area contributed by atoms with Crippen molar-refractivity contribution >= 4 is 24.2 Å². The summed E-state index contributed by atoms with van der Waals surface area (Å²) in [6, 6.07) is 2.89. The molecule has 0 radical (unpaired) electrons. The number of hydrogen-bond acceptors (Lipinski definition) is 9. The van der Waals surface area contributed by atoms with Crippen molar-refractivity contribution in [3.05, 3.63) is 28.6 Å². The molecule has 0 aliphatic carbocycles. The van der Waals surface area contributed by atoms with Gasteiger partial charge in [0.2, 0.25) is 0 Å². The molecular weight excluding hydrogens is 343 g/mol. The van der Waals surface area contributed by atoms with E-state index in [-0.39, 0.29) is 19.0 Å². The van der Waals surface area contributed by atoms with Crippen LogP contribution < -0.4 is 14.3 Å². The van der Waals surface area contributed by atoms with Gasteiger partial charge < -0.3 is 0 Å². The molecule has 114 valence electrons. The summed E-state index contributed by atoms with van der Waals surface area (Å²) in [6.07, 6.45) is 0. The van der Waals surface area contributed by atoms with Gasteiger partial charge in [0.1, 0.15) is 0 Å². The Hall–Kier alpha value is -1.14. The molecule has 20 heavy (non-hydrogen) atoms. The summed E-state index contributed by atoms with van der Waals surface area (Å²) in [7, 11) is 0. The van der Waals surface area contributed by atoms with Crippen molar-refractivity contribution in [1.82, 2.24) is 5.39 Å². The molecule has 0 aliphatic heterocycles. The first kappa shape index (κ1) is 16.9. The van der Waals surface area contributed by atoms with E-state index in [4.69, 9.17) is 23.3 Å². The van der Waals surface area contributed by atoms with Crippen LogP contribution >= 0.6 is 0 Å². The number of hydrogen-bond donors (Lipinski definition) is 4. The Balaban J connectivity index is 2.83. The summed E-state index contributed by atoms with van der Waals surface area (Å²) in [5.41, 5.74) is -0.518. The third-order valence-corrected chi connectivity index (χ3v) is 4.02. The average molecular weight is 354 g/mol. The third kappa shape index (κ3) is 5.09. The monoisotopic (exact) mass is 354 g/mol. The number of ether oxygens (including phenoxy) is 1. The first-order chi connectivity index (χ1) is 9.21. The minimum absolute atomic E-state index is 0.186. The van der Waals surface area contributed by atoms with Crippen LogP contribution in [0, 0.1) is 10.4 Å². The molecular formula is C8H11AsN2O9-2. The third-order valence-electron chi connectivity index (χ3n) is 2.03. The van der Waals surface area contributed by atoms with Crippen LogP contribution in [0.5, 0.6) is 5.75 Å². The SMILES string of the molecule is O=[As](O)(O)c1ccc(OCCON([O-])O)c(N([O-])O)c1. The summed E-state index contributed by atoms with van der Waals surface area (Å²) >= 11 is -5.22. The number of benzene rings is 1. The van der Waals surface area contributed by atoms with Gasteiger partial charge in [0.05, 0.1) is 0 Å². The molecule has 11 nitrogen and oxygen atoms in total. The van der Waals surface area contributed by atoms with E-state index in [2.05, 4.69) is 4.84 Å². The van der Waals surface area contributed by atoms with E-state index >= 15 is 0 Å². The Bertz CT molecular complexity index is 489. The average Bonchev–Trinajstić information content (AvgIpc) is 2.33. The molecule has 4 N–H and O–H groups in total. The second-order valence-electron chi connectivity index (χ2n) is 3.39. The molecule has 0 amide bonds. The van der Waals surface area contributed by atoms with Crippen LogP contribution in [-0.4, -0.2) is 51.4 Å². The van der Waals surface area contributed by atoms with Gasteiger partial charge in [0, 0.05) is 0 Å². The van der Waals surface area contributed by atoms with Crippen molar-refractivity contribution in [2.75, 3.05) is 18.4 Å². The van der Waals surface area contributed by atoms with E-state index in [9.17, 15) is 14.2 Å². The maximum atomic E-state index is 11.1. The zero-order valence-corrected chi connectivity index (χ0v) is 11.7. The van der Waals surface area contributed by atoms with Crippen LogP contribution in [-0.2, 0) is 8.58 Å². The molecule has 1 rings (SSSR count). The topological polar surface area (TPSA) is 169 Å². The van der Waals surface area contributed by atoms with Gasteiger partial charge in [-0.1, -0.05) is 0 Å². The Morgan fingerprint density at radius 1 is 1.20 bits per heavy atom. The van der Waals surface area contributed by atoms with E-state index in [1.165, 1.54) is 0 Å². The molecule has 0 heterocycles. The van der Waals surface area contributed by atoms with E-state index in [0.29, 0.717) is 0 Å². The quantitative estimate of drug-likeness (QED) is 0.254. The van der Waals surface area contributed by atoms with Crippen LogP contribution in [0.1, 0.15) is 0 Å². The molecule has 0 saturated carbocycles. The fourth-order valence-corrected chi connectivity index (χ4v) is 2.40. The van der Waals surface area contributed by atoms with E-state index < -0.39 is 34.8 Å². The molecule has 12 heteroatoms. The van der Waals surface area contributed by atoms with Gasteiger partial charge >= 0.3 is 114 Å². The van der Waals surface area contributed by atoms with Gasteiger partial charge in [-0.15, -0.1) is 0 Å². The van der Waals surface area contributed by atoms with Crippen molar-refractivity contribution in [2.45, 2.75) is 0 Å². The van der Waals surface area contributed by atoms with Gasteiger partial charge in [-0.2, -0.15) is 0 Å². The predicted octanol–water partition coefficient (Wildman–Crippen LogP) is -1.56. The normalized spacial score (nSPS) is 11.8. The number of anilines is 1. The Morgan fingerprint density at radius 2 is 1.85 bits per heavy atom. The fourth-order valence-electron chi connectivity index (χ4n) is 1.23. The van der Waals surface area contributed by atoms with Crippen LogP contribution in [0.3, 0.4) is 0 Å². The zero-order chi connectivity index (χ0) is 15.3. The van der Waals surface area contributed by atoms with Gasteiger partial charge in [-0.05, 0) is 0 Å². The van der Waals surface area contributed by atoms with Gasteiger partial charge in [-0.3, -0.25) is 0 Å². The maximum absolute atomic E-state index is 11.1. The fraction of sp³-hybridized carbons (Fsp3) is 0.250. The van der Waals surface area contributed by atoms with Crippen LogP contribution in [0.4, 0.5) is 5.69 Å². The number of rotatable bonds is 7. The van der Waals surface area contributed by atoms with Crippen molar-refractivity contribution < 1.29 is 31.9 Å². The Labute approximate surface area is 115 Å². The molecule has 0 fully saturated rings. The van der Waals surface area contributed by atoms with Crippen molar-refractivity contribution in [3.8, 4) is 5.75 Å². The molecule has 0 aromatic heterocycles. The first-order valence-corrected chi connectivity index (χ1v) is 8.38. The van der Waals surface area contributed by atoms with Crippen molar-refractivity contribution in [1.29, 1.82) is 0 Å². The molecule has 1 aromatic carbocycles. The van der Waals surface area contributed by atoms with E-state index in [1.54, 1.807) is 0 Å². The summed E-state index contributed by atoms with van der Waals surface area (Å²) in [5, 5.41) is 36.5. The molecule has 0 saturated heterocycles. The molecule has 1 aromatic rings. The summed E-state index contributed by atoms with van der Waals surface area (Å²) < 4.78 is 33.6. The van der Waals surface area contributed by atoms with Crippen LogP contribution in [0.25, 0.3) is 0 Å². The summed E-state index contributed by atoms with van der Waals surface area (Å²) in [5.74, 6) is -0.186. The van der Waals surface area contributed by atoms with Gasteiger partial charge in [-0.25, -0.2) is 0 Å². The molecule has 0 atom stereocenters. The van der Waals surface area contributed by atoms with Crippen molar-refractivity contribution in [3.63, 3.8) is 0 Å². The standard InChI is InChI=1S/C8H11AsN2O9/c12-9(13,14)6-1-2-8(7(5-6)10(15)16)19-3-4-20-11(17)18/h1-2,5,15,17H,3-4H2,(H2,12,13,14)/q-2. The Morgan fingerprint density at radius 3 is 2.35 bits per heavy atom. The first-order valence-electron chi connectivity index (χ1n) is 5.00. The van der Waals surface area contributed by atoms with Crippen molar-refractivity contribution in [2.24, 2.45) is 0 Å². The molecule has 0 bridgehead atoms. The van der Waals surface area contributed by atoms with E-state index in [0.717, 1.165) is 18.2 Å². The van der Waals surface area contributed by atoms with Gasteiger partial charge in [0.15, 0.2) is 0 Å². The molecule has 0 aliphatic rings. The minimum atomic E-state index is -5.22. The summed E-state index contributed by atoms with van der Waals surface area (Å²) in [4.78, 5) is 4.07. The van der Waals surface area contributed by atoms with Gasteiger partial charge in [0.25, 0.3) is 0 Å². The molecule has 0 unspecified atom stereocenters. The second-order valence-corrected chi connectivity index (χ2v) is 6.75. The number of nitrogens with zero attached hydrogens (tertiary/aromatic N) is 2. The van der Waals surface area contributed by atoms with E-state index in [1.807, 2.05) is 0 Å².